The van der Waals surface area contributed by atoms with Crippen molar-refractivity contribution in [3.8, 4) is 0 Å². The van der Waals surface area contributed by atoms with E-state index in [-0.39, 0.29) is 5.91 Å². The minimum Gasteiger partial charge on any atom is -0.370 e. The SMILES string of the molecule is CCCc1cc(N2CCC(CC(N)=O)C2)nc(Nc2cccc(SC)c2)n1. The molecule has 1 aromatic carbocycles. The van der Waals surface area contributed by atoms with Gasteiger partial charge in [0, 0.05) is 41.9 Å². The summed E-state index contributed by atoms with van der Waals surface area (Å²) in [5, 5.41) is 3.35. The third-order valence-corrected chi connectivity index (χ3v) is 5.42. The maximum absolute atomic E-state index is 11.2. The quantitative estimate of drug-likeness (QED) is 0.676. The average Bonchev–Trinajstić information content (AvgIpc) is 3.10. The van der Waals surface area contributed by atoms with Crippen LogP contribution in [0.4, 0.5) is 17.5 Å². The molecule has 1 amide bonds. The number of hydrogen-bond acceptors (Lipinski definition) is 6. The molecule has 1 aromatic heterocycles. The van der Waals surface area contributed by atoms with E-state index in [1.165, 1.54) is 4.90 Å². The van der Waals surface area contributed by atoms with Crippen molar-refractivity contribution in [2.45, 2.75) is 37.5 Å². The van der Waals surface area contributed by atoms with E-state index in [1.807, 2.05) is 12.1 Å². The summed E-state index contributed by atoms with van der Waals surface area (Å²) in [5.74, 6) is 1.62. The molecule has 2 heterocycles. The van der Waals surface area contributed by atoms with Crippen LogP contribution in [-0.4, -0.2) is 35.2 Å². The van der Waals surface area contributed by atoms with Crippen LogP contribution in [-0.2, 0) is 11.2 Å². The molecule has 0 spiro atoms. The lowest BCUT2D eigenvalue weighted by atomic mass is 10.1. The van der Waals surface area contributed by atoms with Gasteiger partial charge in [0.2, 0.25) is 11.9 Å². The molecule has 27 heavy (non-hydrogen) atoms. The van der Waals surface area contributed by atoms with Crippen LogP contribution in [0.3, 0.4) is 0 Å². The molecule has 2 aromatic rings. The van der Waals surface area contributed by atoms with Crippen molar-refractivity contribution in [1.29, 1.82) is 0 Å². The number of nitrogens with zero attached hydrogens (tertiary/aromatic N) is 3. The van der Waals surface area contributed by atoms with Gasteiger partial charge in [0.1, 0.15) is 5.82 Å². The number of carbonyl (C=O) groups excluding carboxylic acids is 1. The van der Waals surface area contributed by atoms with E-state index >= 15 is 0 Å². The topological polar surface area (TPSA) is 84.1 Å². The number of thioether (sulfide) groups is 1. The van der Waals surface area contributed by atoms with E-state index < -0.39 is 0 Å². The van der Waals surface area contributed by atoms with Gasteiger partial charge in [-0.2, -0.15) is 4.98 Å². The summed E-state index contributed by atoms with van der Waals surface area (Å²) in [4.78, 5) is 24.1. The predicted molar refractivity (Wildman–Crippen MR) is 112 cm³/mol. The van der Waals surface area contributed by atoms with Crippen LogP contribution in [0.5, 0.6) is 0 Å². The fraction of sp³-hybridized carbons (Fsp3) is 0.450. The third-order valence-electron chi connectivity index (χ3n) is 4.70. The summed E-state index contributed by atoms with van der Waals surface area (Å²) < 4.78 is 0. The molecular formula is C20H27N5OS. The number of rotatable bonds is 8. The Hall–Kier alpha value is -2.28. The fourth-order valence-corrected chi connectivity index (χ4v) is 3.87. The maximum Gasteiger partial charge on any atom is 0.229 e. The highest BCUT2D eigenvalue weighted by Gasteiger charge is 2.25. The fourth-order valence-electron chi connectivity index (χ4n) is 3.41. The van der Waals surface area contributed by atoms with Crippen molar-refractivity contribution in [2.24, 2.45) is 11.7 Å². The maximum atomic E-state index is 11.2. The molecule has 0 aliphatic carbocycles. The Bertz CT molecular complexity index is 798. The predicted octanol–water partition coefficient (Wildman–Crippen LogP) is 3.60. The summed E-state index contributed by atoms with van der Waals surface area (Å²) in [6.07, 6.45) is 5.41. The van der Waals surface area contributed by atoms with Gasteiger partial charge in [0.05, 0.1) is 0 Å². The zero-order valence-electron chi connectivity index (χ0n) is 15.9. The first-order valence-corrected chi connectivity index (χ1v) is 10.6. The molecule has 1 atom stereocenters. The monoisotopic (exact) mass is 385 g/mol. The van der Waals surface area contributed by atoms with Gasteiger partial charge in [0.15, 0.2) is 0 Å². The van der Waals surface area contributed by atoms with Crippen LogP contribution in [0.2, 0.25) is 0 Å². The van der Waals surface area contributed by atoms with E-state index in [1.54, 1.807) is 11.8 Å². The van der Waals surface area contributed by atoms with E-state index in [0.717, 1.165) is 49.6 Å². The van der Waals surface area contributed by atoms with Gasteiger partial charge >= 0.3 is 0 Å². The highest BCUT2D eigenvalue weighted by atomic mass is 32.2. The molecule has 144 valence electrons. The highest BCUT2D eigenvalue weighted by molar-refractivity contribution is 7.98. The Balaban J connectivity index is 1.81. The minimum absolute atomic E-state index is 0.229. The Morgan fingerprint density at radius 2 is 2.22 bits per heavy atom. The molecule has 1 aliphatic rings. The Labute approximate surface area is 165 Å². The van der Waals surface area contributed by atoms with Crippen LogP contribution in [0.15, 0.2) is 35.2 Å². The average molecular weight is 386 g/mol. The van der Waals surface area contributed by atoms with E-state index in [4.69, 9.17) is 10.7 Å². The molecule has 3 rings (SSSR count). The normalized spacial score (nSPS) is 16.5. The standard InChI is InChI=1S/C20H27N5OS/c1-3-5-15-12-19(25-9-8-14(13-25)10-18(21)26)24-20(22-15)23-16-6-4-7-17(11-16)27-2/h4,6-7,11-12,14H,3,5,8-10,13H2,1-2H3,(H2,21,26)(H,22,23,24). The lowest BCUT2D eigenvalue weighted by Crippen LogP contribution is -2.23. The number of nitrogens with two attached hydrogens (primary N) is 1. The molecule has 1 aliphatic heterocycles. The lowest BCUT2D eigenvalue weighted by molar-refractivity contribution is -0.118. The van der Waals surface area contributed by atoms with Crippen LogP contribution >= 0.6 is 11.8 Å². The van der Waals surface area contributed by atoms with E-state index in [0.29, 0.717) is 18.3 Å². The Kier molecular flexibility index (Phi) is 6.55. The van der Waals surface area contributed by atoms with Crippen molar-refractivity contribution in [2.75, 3.05) is 29.6 Å². The number of aryl methyl sites for hydroxylation is 1. The van der Waals surface area contributed by atoms with E-state index in [2.05, 4.69) is 46.6 Å². The zero-order chi connectivity index (χ0) is 19.2. The molecule has 1 fully saturated rings. The van der Waals surface area contributed by atoms with Crippen molar-refractivity contribution >= 4 is 35.1 Å². The molecule has 1 saturated heterocycles. The van der Waals surface area contributed by atoms with Gasteiger partial charge in [-0.15, -0.1) is 11.8 Å². The smallest absolute Gasteiger partial charge is 0.229 e. The van der Waals surface area contributed by atoms with Gasteiger partial charge in [-0.05, 0) is 43.2 Å². The van der Waals surface area contributed by atoms with Crippen molar-refractivity contribution in [3.63, 3.8) is 0 Å². The van der Waals surface area contributed by atoms with E-state index in [9.17, 15) is 4.79 Å². The number of carbonyl (C=O) groups is 1. The number of amides is 1. The Morgan fingerprint density at radius 3 is 2.96 bits per heavy atom. The molecule has 1 unspecified atom stereocenters. The first kappa shape index (κ1) is 19.5. The zero-order valence-corrected chi connectivity index (χ0v) is 16.8. The van der Waals surface area contributed by atoms with Crippen LogP contribution in [0, 0.1) is 5.92 Å². The van der Waals surface area contributed by atoms with Crippen molar-refractivity contribution < 1.29 is 4.79 Å². The summed E-state index contributed by atoms with van der Waals surface area (Å²) in [6, 6.07) is 10.3. The summed E-state index contributed by atoms with van der Waals surface area (Å²) in [7, 11) is 0. The second kappa shape index (κ2) is 9.08. The van der Waals surface area contributed by atoms with Crippen molar-refractivity contribution in [1.82, 2.24) is 9.97 Å². The van der Waals surface area contributed by atoms with Crippen molar-refractivity contribution in [3.05, 3.63) is 36.0 Å². The largest absolute Gasteiger partial charge is 0.370 e. The molecule has 6 nitrogen and oxygen atoms in total. The molecular weight excluding hydrogens is 358 g/mol. The second-order valence-electron chi connectivity index (χ2n) is 6.92. The number of aromatic nitrogens is 2. The summed E-state index contributed by atoms with van der Waals surface area (Å²) in [5.41, 5.74) is 7.37. The van der Waals surface area contributed by atoms with Crippen LogP contribution in [0.25, 0.3) is 0 Å². The minimum atomic E-state index is -0.229. The molecule has 3 N–H and O–H groups in total. The van der Waals surface area contributed by atoms with Crippen LogP contribution in [0.1, 0.15) is 31.9 Å². The third kappa shape index (κ3) is 5.35. The molecule has 0 saturated carbocycles. The van der Waals surface area contributed by atoms with Gasteiger partial charge in [-0.3, -0.25) is 4.79 Å². The molecule has 0 bridgehead atoms. The van der Waals surface area contributed by atoms with Gasteiger partial charge in [0.25, 0.3) is 0 Å². The highest BCUT2D eigenvalue weighted by Crippen LogP contribution is 2.27. The lowest BCUT2D eigenvalue weighted by Gasteiger charge is -2.19. The second-order valence-corrected chi connectivity index (χ2v) is 7.80. The molecule has 0 radical (unpaired) electrons. The van der Waals surface area contributed by atoms with Gasteiger partial charge < -0.3 is 16.0 Å². The van der Waals surface area contributed by atoms with Gasteiger partial charge in [-0.1, -0.05) is 19.4 Å². The van der Waals surface area contributed by atoms with Gasteiger partial charge in [-0.25, -0.2) is 4.98 Å². The number of hydrogen-bond donors (Lipinski definition) is 2. The van der Waals surface area contributed by atoms with Crippen LogP contribution < -0.4 is 16.0 Å². The number of benzene rings is 1. The number of anilines is 3. The first-order valence-electron chi connectivity index (χ1n) is 9.39. The Morgan fingerprint density at radius 1 is 1.37 bits per heavy atom. The number of nitrogens with one attached hydrogen (secondary N) is 1. The molecule has 7 heteroatoms. The first-order chi connectivity index (χ1) is 13.1. The number of primary amides is 1. The summed E-state index contributed by atoms with van der Waals surface area (Å²) in [6.45, 7) is 3.85. The summed E-state index contributed by atoms with van der Waals surface area (Å²) >= 11 is 1.71.